The van der Waals surface area contributed by atoms with Gasteiger partial charge >= 0.3 is 5.97 Å². The molecule has 1 aromatic rings. The van der Waals surface area contributed by atoms with Crippen LogP contribution < -0.4 is 0 Å². The van der Waals surface area contributed by atoms with Gasteiger partial charge in [-0.15, -0.1) is 0 Å². The lowest BCUT2D eigenvalue weighted by Crippen LogP contribution is -2.14. The van der Waals surface area contributed by atoms with Crippen LogP contribution in [0.3, 0.4) is 0 Å². The Morgan fingerprint density at radius 1 is 1.15 bits per heavy atom. The topological polar surface area (TPSA) is 106 Å². The van der Waals surface area contributed by atoms with E-state index in [1.54, 1.807) is 0 Å². The summed E-state index contributed by atoms with van der Waals surface area (Å²) in [7, 11) is -6.92. The Labute approximate surface area is 118 Å². The van der Waals surface area contributed by atoms with Crippen molar-refractivity contribution < 1.29 is 26.7 Å². The number of aromatic carboxylic acids is 1. The highest BCUT2D eigenvalue weighted by molar-refractivity contribution is 7.92. The van der Waals surface area contributed by atoms with Crippen molar-refractivity contribution in [3.8, 4) is 0 Å². The number of rotatable bonds is 6. The molecule has 0 aliphatic heterocycles. The summed E-state index contributed by atoms with van der Waals surface area (Å²) >= 11 is 0. The molecule has 1 aromatic carbocycles. The molecular formula is C12H16O6S2. The lowest BCUT2D eigenvalue weighted by molar-refractivity contribution is 0.0695. The Morgan fingerprint density at radius 2 is 1.75 bits per heavy atom. The first-order valence-electron chi connectivity index (χ1n) is 5.78. The number of hydrogen-bond donors (Lipinski definition) is 1. The molecule has 0 aliphatic rings. The van der Waals surface area contributed by atoms with Gasteiger partial charge < -0.3 is 5.11 Å². The summed E-state index contributed by atoms with van der Waals surface area (Å²) in [5, 5.41) is 8.96. The Bertz CT molecular complexity index is 716. The fourth-order valence-electron chi connectivity index (χ4n) is 1.80. The molecule has 0 saturated carbocycles. The van der Waals surface area contributed by atoms with E-state index in [1.165, 1.54) is 25.1 Å². The minimum Gasteiger partial charge on any atom is -0.478 e. The first-order valence-corrected chi connectivity index (χ1v) is 9.49. The average molecular weight is 320 g/mol. The smallest absolute Gasteiger partial charge is 0.335 e. The second kappa shape index (κ2) is 5.92. The predicted molar refractivity (Wildman–Crippen MR) is 74.5 cm³/mol. The maximum absolute atomic E-state index is 12.1. The van der Waals surface area contributed by atoms with Crippen molar-refractivity contribution in [2.75, 3.05) is 17.8 Å². The zero-order valence-corrected chi connectivity index (χ0v) is 12.8. The Balaban J connectivity index is 3.05. The van der Waals surface area contributed by atoms with Gasteiger partial charge in [-0.05, 0) is 31.0 Å². The van der Waals surface area contributed by atoms with Crippen LogP contribution in [0.5, 0.6) is 0 Å². The molecule has 0 spiro atoms. The highest BCUT2D eigenvalue weighted by Gasteiger charge is 2.21. The SMILES string of the molecule is Cc1c(C(=O)O)cccc1S(=O)(=O)CCCS(C)(=O)=O. The summed E-state index contributed by atoms with van der Waals surface area (Å²) in [4.78, 5) is 10.9. The van der Waals surface area contributed by atoms with E-state index in [9.17, 15) is 21.6 Å². The van der Waals surface area contributed by atoms with E-state index in [0.29, 0.717) is 0 Å². The first-order chi connectivity index (χ1) is 9.04. The summed E-state index contributed by atoms with van der Waals surface area (Å²) in [5.41, 5.74) is 0.0912. The molecule has 0 aromatic heterocycles. The first kappa shape index (κ1) is 16.6. The number of carbonyl (C=O) groups is 1. The quantitative estimate of drug-likeness (QED) is 0.835. The summed E-state index contributed by atoms with van der Waals surface area (Å²) in [6.07, 6.45) is 1.02. The summed E-state index contributed by atoms with van der Waals surface area (Å²) in [6, 6.07) is 4.02. The van der Waals surface area contributed by atoms with Gasteiger partial charge in [-0.25, -0.2) is 21.6 Å². The van der Waals surface area contributed by atoms with Crippen molar-refractivity contribution >= 4 is 25.6 Å². The molecule has 0 atom stereocenters. The van der Waals surface area contributed by atoms with E-state index < -0.39 is 25.6 Å². The molecule has 0 saturated heterocycles. The molecule has 0 bridgehead atoms. The molecule has 112 valence electrons. The van der Waals surface area contributed by atoms with Gasteiger partial charge in [-0.1, -0.05) is 6.07 Å². The molecule has 0 heterocycles. The highest BCUT2D eigenvalue weighted by Crippen LogP contribution is 2.21. The molecule has 0 aliphatic carbocycles. The van der Waals surface area contributed by atoms with Gasteiger partial charge in [0.1, 0.15) is 9.84 Å². The average Bonchev–Trinajstić information content (AvgIpc) is 2.26. The Morgan fingerprint density at radius 3 is 2.25 bits per heavy atom. The Kier molecular flexibility index (Phi) is 4.93. The van der Waals surface area contributed by atoms with Crippen LogP contribution in [0.1, 0.15) is 22.3 Å². The summed E-state index contributed by atoms with van der Waals surface area (Å²) in [6.45, 7) is 1.42. The number of hydrogen-bond acceptors (Lipinski definition) is 5. The van der Waals surface area contributed by atoms with Gasteiger partial charge in [0.05, 0.1) is 22.0 Å². The van der Waals surface area contributed by atoms with Crippen LogP contribution in [0.4, 0.5) is 0 Å². The van der Waals surface area contributed by atoms with Crippen LogP contribution >= 0.6 is 0 Å². The third kappa shape index (κ3) is 4.31. The second-order valence-electron chi connectivity index (χ2n) is 4.54. The normalized spacial score (nSPS) is 12.3. The molecule has 0 unspecified atom stereocenters. The molecule has 0 fully saturated rings. The van der Waals surface area contributed by atoms with E-state index in [1.807, 2.05) is 0 Å². The summed E-state index contributed by atoms with van der Waals surface area (Å²) in [5.74, 6) is -1.75. The fourth-order valence-corrected chi connectivity index (χ4v) is 4.26. The molecule has 0 radical (unpaired) electrons. The number of carboxylic acid groups (broad SMARTS) is 1. The standard InChI is InChI=1S/C12H16O6S2/c1-9-10(12(13)14)5-3-6-11(9)20(17,18)8-4-7-19(2,15)16/h3,5-6H,4,7-8H2,1-2H3,(H,13,14). The third-order valence-corrected chi connectivity index (χ3v) is 5.75. The van der Waals surface area contributed by atoms with Crippen LogP contribution in [-0.4, -0.2) is 45.7 Å². The second-order valence-corrected chi connectivity index (χ2v) is 8.87. The molecule has 20 heavy (non-hydrogen) atoms. The maximum atomic E-state index is 12.1. The van der Waals surface area contributed by atoms with Crippen molar-refractivity contribution in [3.63, 3.8) is 0 Å². The molecule has 1 rings (SSSR count). The van der Waals surface area contributed by atoms with Crippen LogP contribution in [0, 0.1) is 6.92 Å². The Hall–Kier alpha value is -1.41. The minimum absolute atomic E-state index is 0.0160. The van der Waals surface area contributed by atoms with Gasteiger partial charge in [0, 0.05) is 6.26 Å². The molecule has 8 heteroatoms. The minimum atomic E-state index is -3.70. The van der Waals surface area contributed by atoms with Crippen LogP contribution in [0.25, 0.3) is 0 Å². The summed E-state index contributed by atoms with van der Waals surface area (Å²) < 4.78 is 46.2. The van der Waals surface area contributed by atoms with Crippen molar-refractivity contribution in [2.24, 2.45) is 0 Å². The number of benzene rings is 1. The van der Waals surface area contributed by atoms with Crippen LogP contribution in [0.2, 0.25) is 0 Å². The number of carboxylic acids is 1. The molecule has 0 amide bonds. The van der Waals surface area contributed by atoms with Gasteiger partial charge in [0.25, 0.3) is 0 Å². The van der Waals surface area contributed by atoms with Crippen molar-refractivity contribution in [3.05, 3.63) is 29.3 Å². The highest BCUT2D eigenvalue weighted by atomic mass is 32.2. The van der Waals surface area contributed by atoms with Crippen molar-refractivity contribution in [1.82, 2.24) is 0 Å². The van der Waals surface area contributed by atoms with Gasteiger partial charge in [-0.3, -0.25) is 0 Å². The molecule has 6 nitrogen and oxygen atoms in total. The lowest BCUT2D eigenvalue weighted by atomic mass is 10.1. The zero-order valence-electron chi connectivity index (χ0n) is 11.2. The van der Waals surface area contributed by atoms with Crippen molar-refractivity contribution in [2.45, 2.75) is 18.2 Å². The third-order valence-electron chi connectivity index (χ3n) is 2.78. The zero-order chi connectivity index (χ0) is 15.6. The van der Waals surface area contributed by atoms with Gasteiger partial charge in [-0.2, -0.15) is 0 Å². The van der Waals surface area contributed by atoms with Crippen molar-refractivity contribution in [1.29, 1.82) is 0 Å². The van der Waals surface area contributed by atoms with E-state index >= 15 is 0 Å². The van der Waals surface area contributed by atoms with E-state index in [0.717, 1.165) is 6.26 Å². The van der Waals surface area contributed by atoms with E-state index in [-0.39, 0.29) is 33.9 Å². The fraction of sp³-hybridized carbons (Fsp3) is 0.417. The van der Waals surface area contributed by atoms with Gasteiger partial charge in [0.15, 0.2) is 9.84 Å². The van der Waals surface area contributed by atoms with Crippen LogP contribution in [0.15, 0.2) is 23.1 Å². The lowest BCUT2D eigenvalue weighted by Gasteiger charge is -2.09. The molecule has 1 N–H and O–H groups in total. The maximum Gasteiger partial charge on any atom is 0.335 e. The van der Waals surface area contributed by atoms with E-state index in [4.69, 9.17) is 5.11 Å². The van der Waals surface area contributed by atoms with E-state index in [2.05, 4.69) is 0 Å². The monoisotopic (exact) mass is 320 g/mol. The largest absolute Gasteiger partial charge is 0.478 e. The van der Waals surface area contributed by atoms with Gasteiger partial charge in [0.2, 0.25) is 0 Å². The number of sulfone groups is 2. The predicted octanol–water partition coefficient (Wildman–Crippen LogP) is 0.902. The molecular weight excluding hydrogens is 304 g/mol. The van der Waals surface area contributed by atoms with Crippen LogP contribution in [-0.2, 0) is 19.7 Å².